The molecule has 0 unspecified atom stereocenters. The molecule has 1 aromatic carbocycles. The Kier molecular flexibility index (Phi) is 5.23. The van der Waals surface area contributed by atoms with Crippen LogP contribution in [0.5, 0.6) is 0 Å². The van der Waals surface area contributed by atoms with E-state index < -0.39 is 0 Å². The quantitative estimate of drug-likeness (QED) is 0.679. The number of anilines is 1. The van der Waals surface area contributed by atoms with Crippen LogP contribution in [0.25, 0.3) is 5.69 Å². The first-order valence-corrected chi connectivity index (χ1v) is 10.5. The average molecular weight is 419 g/mol. The Balaban J connectivity index is 1.60. The molecule has 28 heavy (non-hydrogen) atoms. The van der Waals surface area contributed by atoms with Crippen molar-refractivity contribution in [3.8, 4) is 5.69 Å². The molecule has 0 amide bonds. The lowest BCUT2D eigenvalue weighted by Gasteiger charge is -2.42. The molecule has 0 radical (unpaired) electrons. The van der Waals surface area contributed by atoms with Gasteiger partial charge in [-0.05, 0) is 56.9 Å². The van der Waals surface area contributed by atoms with Crippen molar-refractivity contribution in [2.45, 2.75) is 45.1 Å². The fourth-order valence-corrected chi connectivity index (χ4v) is 5.25. The van der Waals surface area contributed by atoms with Crippen LogP contribution in [-0.4, -0.2) is 35.4 Å². The maximum atomic E-state index is 12.9. The fourth-order valence-electron chi connectivity index (χ4n) is 4.87. The lowest BCUT2D eigenvalue weighted by molar-refractivity contribution is 0.199. The van der Waals surface area contributed by atoms with Gasteiger partial charge in [0, 0.05) is 19.2 Å². The number of nitrogens with zero attached hydrogens (tertiary/aromatic N) is 4. The molecule has 1 atom stereocenters. The summed E-state index contributed by atoms with van der Waals surface area (Å²) in [5.74, 6) is 1.33. The zero-order chi connectivity index (χ0) is 19.9. The van der Waals surface area contributed by atoms with Gasteiger partial charge in [-0.15, -0.1) is 0 Å². The highest BCUT2D eigenvalue weighted by Gasteiger charge is 2.44. The van der Waals surface area contributed by atoms with Crippen molar-refractivity contribution in [3.05, 3.63) is 50.5 Å². The third-order valence-electron chi connectivity index (χ3n) is 6.41. The van der Waals surface area contributed by atoms with E-state index in [1.165, 1.54) is 17.4 Å². The molecule has 2 aliphatic rings. The van der Waals surface area contributed by atoms with Crippen molar-refractivity contribution in [1.82, 2.24) is 9.55 Å². The largest absolute Gasteiger partial charge is 0.356 e. The van der Waals surface area contributed by atoms with E-state index in [2.05, 4.69) is 16.6 Å². The van der Waals surface area contributed by atoms with E-state index >= 15 is 0 Å². The SMILES string of the molecule is C=N[C@H]1CCCC12CCN(c1cc(=O)n(-c3cccc(Cl)c3Cl)c(C)n1)CC2. The van der Waals surface area contributed by atoms with E-state index in [4.69, 9.17) is 28.2 Å². The number of hydrogen-bond donors (Lipinski definition) is 0. The van der Waals surface area contributed by atoms with Gasteiger partial charge in [0.05, 0.1) is 21.8 Å². The number of benzene rings is 1. The van der Waals surface area contributed by atoms with Gasteiger partial charge in [0.2, 0.25) is 0 Å². The number of aliphatic imine (C=N–C) groups is 1. The summed E-state index contributed by atoms with van der Waals surface area (Å²) in [4.78, 5) is 24.2. The average Bonchev–Trinajstić information content (AvgIpc) is 3.07. The molecule has 0 bridgehead atoms. The highest BCUT2D eigenvalue weighted by atomic mass is 35.5. The molecule has 1 saturated carbocycles. The Bertz CT molecular complexity index is 963. The van der Waals surface area contributed by atoms with Crippen LogP contribution >= 0.6 is 23.2 Å². The van der Waals surface area contributed by atoms with Gasteiger partial charge >= 0.3 is 0 Å². The third kappa shape index (κ3) is 3.25. The second kappa shape index (κ2) is 7.53. The number of halogens is 2. The first-order chi connectivity index (χ1) is 13.4. The Morgan fingerprint density at radius 1 is 1.25 bits per heavy atom. The molecule has 2 aromatic rings. The van der Waals surface area contributed by atoms with E-state index in [1.54, 1.807) is 24.3 Å². The molecule has 7 heteroatoms. The van der Waals surface area contributed by atoms with Gasteiger partial charge in [0.25, 0.3) is 5.56 Å². The van der Waals surface area contributed by atoms with Crippen LogP contribution < -0.4 is 10.5 Å². The number of rotatable bonds is 3. The maximum absolute atomic E-state index is 12.9. The summed E-state index contributed by atoms with van der Waals surface area (Å²) in [5.41, 5.74) is 0.689. The first-order valence-electron chi connectivity index (χ1n) is 9.71. The monoisotopic (exact) mass is 418 g/mol. The van der Waals surface area contributed by atoms with E-state index in [-0.39, 0.29) is 11.0 Å². The van der Waals surface area contributed by atoms with E-state index in [0.717, 1.165) is 38.2 Å². The minimum atomic E-state index is -0.154. The third-order valence-corrected chi connectivity index (χ3v) is 7.22. The van der Waals surface area contributed by atoms with Crippen LogP contribution in [0.15, 0.2) is 34.1 Å². The standard InChI is InChI=1S/C21H24Cl2N4O/c1-14-25-18(13-19(28)27(14)16-6-3-5-15(22)20(16)23)26-11-9-21(10-12-26)8-4-7-17(21)24-2/h3,5-6,13,17H,2,4,7-12H2,1H3/t17-/m0/s1. The van der Waals surface area contributed by atoms with Crippen LogP contribution in [0.2, 0.25) is 10.0 Å². The number of aromatic nitrogens is 2. The van der Waals surface area contributed by atoms with Crippen molar-refractivity contribution in [2.24, 2.45) is 10.4 Å². The number of piperidine rings is 1. The number of aryl methyl sites for hydroxylation is 1. The predicted octanol–water partition coefficient (Wildman–Crippen LogP) is 4.69. The molecular formula is C21H24Cl2N4O. The minimum absolute atomic E-state index is 0.154. The number of hydrogen-bond acceptors (Lipinski definition) is 4. The molecule has 1 spiro atoms. The zero-order valence-corrected chi connectivity index (χ0v) is 17.5. The van der Waals surface area contributed by atoms with Crippen molar-refractivity contribution in [3.63, 3.8) is 0 Å². The molecule has 4 rings (SSSR count). The highest BCUT2D eigenvalue weighted by Crippen LogP contribution is 2.48. The Hall–Kier alpha value is -1.85. The summed E-state index contributed by atoms with van der Waals surface area (Å²) in [5, 5.41) is 0.769. The Morgan fingerprint density at radius 3 is 2.68 bits per heavy atom. The molecule has 1 aromatic heterocycles. The normalized spacial score (nSPS) is 21.2. The summed E-state index contributed by atoms with van der Waals surface area (Å²) in [7, 11) is 0. The van der Waals surface area contributed by atoms with Crippen molar-refractivity contribution in [1.29, 1.82) is 0 Å². The summed E-state index contributed by atoms with van der Waals surface area (Å²) < 4.78 is 1.51. The van der Waals surface area contributed by atoms with Gasteiger partial charge in [0.15, 0.2) is 0 Å². The Morgan fingerprint density at radius 2 is 2.00 bits per heavy atom. The lowest BCUT2D eigenvalue weighted by Crippen LogP contribution is -2.44. The highest BCUT2D eigenvalue weighted by molar-refractivity contribution is 6.43. The molecule has 1 aliphatic carbocycles. The predicted molar refractivity (Wildman–Crippen MR) is 116 cm³/mol. The van der Waals surface area contributed by atoms with Crippen LogP contribution in [0.1, 0.15) is 37.9 Å². The van der Waals surface area contributed by atoms with Gasteiger partial charge < -0.3 is 4.90 Å². The van der Waals surface area contributed by atoms with Crippen LogP contribution in [-0.2, 0) is 0 Å². The first kappa shape index (κ1) is 19.5. The zero-order valence-electron chi connectivity index (χ0n) is 16.0. The minimum Gasteiger partial charge on any atom is -0.356 e. The van der Waals surface area contributed by atoms with Crippen molar-refractivity contribution >= 4 is 35.7 Å². The molecule has 1 saturated heterocycles. The maximum Gasteiger partial charge on any atom is 0.260 e. The summed E-state index contributed by atoms with van der Waals surface area (Å²) in [6.45, 7) is 7.40. The second-order valence-corrected chi connectivity index (χ2v) is 8.63. The van der Waals surface area contributed by atoms with E-state index in [0.29, 0.717) is 27.6 Å². The van der Waals surface area contributed by atoms with Gasteiger partial charge in [-0.2, -0.15) is 0 Å². The topological polar surface area (TPSA) is 50.5 Å². The molecule has 0 N–H and O–H groups in total. The van der Waals surface area contributed by atoms with Crippen LogP contribution in [0.3, 0.4) is 0 Å². The smallest absolute Gasteiger partial charge is 0.260 e. The molecule has 2 fully saturated rings. The van der Waals surface area contributed by atoms with E-state index in [9.17, 15) is 4.79 Å². The van der Waals surface area contributed by atoms with E-state index in [1.807, 2.05) is 6.92 Å². The molecule has 5 nitrogen and oxygen atoms in total. The summed E-state index contributed by atoms with van der Waals surface area (Å²) >= 11 is 12.4. The lowest BCUT2D eigenvalue weighted by atomic mass is 9.74. The van der Waals surface area contributed by atoms with Crippen LogP contribution in [0, 0.1) is 12.3 Å². The fraction of sp³-hybridized carbons (Fsp3) is 0.476. The van der Waals surface area contributed by atoms with Gasteiger partial charge in [0.1, 0.15) is 11.6 Å². The second-order valence-electron chi connectivity index (χ2n) is 7.85. The van der Waals surface area contributed by atoms with Gasteiger partial charge in [-0.25, -0.2) is 4.98 Å². The molecular weight excluding hydrogens is 395 g/mol. The molecule has 2 heterocycles. The molecule has 148 valence electrons. The summed E-state index contributed by atoms with van der Waals surface area (Å²) in [6, 6.07) is 7.23. The van der Waals surface area contributed by atoms with Crippen LogP contribution in [0.4, 0.5) is 5.82 Å². The summed E-state index contributed by atoms with van der Waals surface area (Å²) in [6.07, 6.45) is 5.75. The van der Waals surface area contributed by atoms with Crippen molar-refractivity contribution in [2.75, 3.05) is 18.0 Å². The van der Waals surface area contributed by atoms with Gasteiger partial charge in [-0.3, -0.25) is 14.4 Å². The Labute approximate surface area is 175 Å². The molecule has 1 aliphatic heterocycles. The van der Waals surface area contributed by atoms with Crippen molar-refractivity contribution < 1.29 is 0 Å². The van der Waals surface area contributed by atoms with Gasteiger partial charge in [-0.1, -0.05) is 35.7 Å².